The van der Waals surface area contributed by atoms with Crippen molar-refractivity contribution < 1.29 is 24.5 Å². The topological polar surface area (TPSA) is 95.9 Å². The lowest BCUT2D eigenvalue weighted by Crippen LogP contribution is -2.46. The van der Waals surface area contributed by atoms with Gasteiger partial charge in [0.25, 0.3) is 0 Å². The molecule has 43 heavy (non-hydrogen) atoms. The minimum absolute atomic E-state index is 0.0763. The molecule has 0 saturated heterocycles. The minimum atomic E-state index is -1.04. The molecule has 0 unspecified atom stereocenters. The smallest absolute Gasteiger partial charge is 0.305 e. The summed E-state index contributed by atoms with van der Waals surface area (Å²) >= 11 is 0. The number of unbranched alkanes of at least 4 members (excludes halogenated alkanes) is 24. The maximum absolute atomic E-state index is 12.3. The van der Waals surface area contributed by atoms with Gasteiger partial charge in [-0.2, -0.15) is 0 Å². The van der Waals surface area contributed by atoms with Gasteiger partial charge in [0, 0.05) is 19.4 Å². The Morgan fingerprint density at radius 1 is 0.512 bits per heavy atom. The van der Waals surface area contributed by atoms with Gasteiger partial charge in [-0.1, -0.05) is 168 Å². The Kier molecular flexibility index (Phi) is 31.4. The Balaban J connectivity index is 3.78. The highest BCUT2D eigenvalue weighted by atomic mass is 16.5. The number of carbonyl (C=O) groups excluding carboxylic acids is 2. The number of aliphatic hydroxyl groups is 2. The lowest BCUT2D eigenvalue weighted by atomic mass is 9.91. The number of carbonyl (C=O) groups is 2. The molecule has 0 aliphatic rings. The number of nitrogens with one attached hydrogen (secondary N) is 1. The van der Waals surface area contributed by atoms with E-state index in [-0.39, 0.29) is 38.2 Å². The normalized spacial score (nSPS) is 11.6. The second kappa shape index (κ2) is 32.3. The first-order valence-electron chi connectivity index (χ1n) is 18.7. The van der Waals surface area contributed by atoms with E-state index in [1.54, 1.807) is 0 Å². The van der Waals surface area contributed by atoms with Crippen LogP contribution in [0.2, 0.25) is 0 Å². The van der Waals surface area contributed by atoms with E-state index < -0.39 is 5.41 Å². The van der Waals surface area contributed by atoms with Crippen molar-refractivity contribution in [3.8, 4) is 0 Å². The van der Waals surface area contributed by atoms with Crippen LogP contribution in [0.4, 0.5) is 0 Å². The van der Waals surface area contributed by atoms with E-state index >= 15 is 0 Å². The zero-order chi connectivity index (χ0) is 31.7. The number of amides is 1. The highest BCUT2D eigenvalue weighted by Gasteiger charge is 2.31. The Morgan fingerprint density at radius 3 is 1.19 bits per heavy atom. The summed E-state index contributed by atoms with van der Waals surface area (Å²) in [5.41, 5.74) is -1.04. The minimum Gasteiger partial charge on any atom is -0.465 e. The van der Waals surface area contributed by atoms with Crippen LogP contribution in [0.15, 0.2) is 0 Å². The van der Waals surface area contributed by atoms with Gasteiger partial charge in [0.15, 0.2) is 0 Å². The van der Waals surface area contributed by atoms with E-state index in [4.69, 9.17) is 4.74 Å². The third-order valence-corrected chi connectivity index (χ3v) is 8.86. The largest absolute Gasteiger partial charge is 0.465 e. The second-order valence-electron chi connectivity index (χ2n) is 13.2. The first-order chi connectivity index (χ1) is 21.0. The monoisotopic (exact) mass is 612 g/mol. The van der Waals surface area contributed by atoms with Crippen LogP contribution in [0.1, 0.15) is 194 Å². The quantitative estimate of drug-likeness (QED) is 0.0497. The molecule has 0 bridgehead atoms. The van der Waals surface area contributed by atoms with Gasteiger partial charge in [0.05, 0.1) is 18.6 Å². The average Bonchev–Trinajstić information content (AvgIpc) is 3.02. The maximum Gasteiger partial charge on any atom is 0.305 e. The molecule has 0 aromatic rings. The van der Waals surface area contributed by atoms with Gasteiger partial charge in [-0.3, -0.25) is 9.59 Å². The number of esters is 1. The lowest BCUT2D eigenvalue weighted by Gasteiger charge is -2.29. The first-order valence-corrected chi connectivity index (χ1v) is 18.7. The molecule has 6 heteroatoms. The summed E-state index contributed by atoms with van der Waals surface area (Å²) in [6.07, 6.45) is 33.6. The Labute approximate surface area is 266 Å². The van der Waals surface area contributed by atoms with Crippen molar-refractivity contribution in [2.45, 2.75) is 194 Å². The molecule has 0 radical (unpaired) electrons. The molecule has 0 saturated carbocycles. The Bertz CT molecular complexity index is 560. The molecular weight excluding hydrogens is 538 g/mol. The molecule has 6 nitrogen and oxygen atoms in total. The summed E-state index contributed by atoms with van der Waals surface area (Å²) in [7, 11) is 0. The van der Waals surface area contributed by atoms with Crippen molar-refractivity contribution in [3.05, 3.63) is 0 Å². The van der Waals surface area contributed by atoms with Gasteiger partial charge >= 0.3 is 5.97 Å². The Hall–Kier alpha value is -1.14. The summed E-state index contributed by atoms with van der Waals surface area (Å²) in [6.45, 7) is 3.82. The standard InChI is InChI=1S/C37H73NO5/c1-3-5-7-9-11-13-15-17-19-21-23-25-27-29-35(41)38-31-37(32-39,33-40)34-43-36(42)30-28-26-24-22-20-18-16-14-12-10-8-6-4-2/h39-40H,3-34H2,1-2H3,(H,38,41). The van der Waals surface area contributed by atoms with Gasteiger partial charge in [-0.15, -0.1) is 0 Å². The highest BCUT2D eigenvalue weighted by molar-refractivity contribution is 5.75. The SMILES string of the molecule is CCCCCCCCCCCCCCCC(=O)NCC(CO)(CO)COC(=O)CCCCCCCCCCCCCCC. The molecule has 0 rings (SSSR count). The predicted molar refractivity (Wildman–Crippen MR) is 181 cm³/mol. The van der Waals surface area contributed by atoms with Crippen LogP contribution in [-0.2, 0) is 14.3 Å². The van der Waals surface area contributed by atoms with Crippen LogP contribution < -0.4 is 5.32 Å². The third-order valence-electron chi connectivity index (χ3n) is 8.86. The molecule has 0 aliphatic heterocycles. The second-order valence-corrected chi connectivity index (χ2v) is 13.2. The van der Waals surface area contributed by atoms with E-state index in [1.807, 2.05) is 0 Å². The highest BCUT2D eigenvalue weighted by Crippen LogP contribution is 2.18. The van der Waals surface area contributed by atoms with Gasteiger partial charge in [-0.05, 0) is 12.8 Å². The van der Waals surface area contributed by atoms with E-state index in [2.05, 4.69) is 19.2 Å². The van der Waals surface area contributed by atoms with E-state index in [0.717, 1.165) is 38.5 Å². The van der Waals surface area contributed by atoms with Gasteiger partial charge < -0.3 is 20.3 Å². The van der Waals surface area contributed by atoms with Crippen molar-refractivity contribution in [2.75, 3.05) is 26.4 Å². The summed E-state index contributed by atoms with van der Waals surface area (Å²) in [6, 6.07) is 0. The summed E-state index contributed by atoms with van der Waals surface area (Å²) < 4.78 is 5.40. The van der Waals surface area contributed by atoms with E-state index in [0.29, 0.717) is 12.8 Å². The number of ether oxygens (including phenoxy) is 1. The molecule has 0 spiro atoms. The molecule has 3 N–H and O–H groups in total. The van der Waals surface area contributed by atoms with Crippen molar-refractivity contribution in [1.82, 2.24) is 5.32 Å². The fourth-order valence-electron chi connectivity index (χ4n) is 5.57. The van der Waals surface area contributed by atoms with Crippen molar-refractivity contribution in [3.63, 3.8) is 0 Å². The van der Waals surface area contributed by atoms with E-state index in [9.17, 15) is 19.8 Å². The van der Waals surface area contributed by atoms with Crippen LogP contribution in [-0.4, -0.2) is 48.5 Å². The van der Waals surface area contributed by atoms with Crippen molar-refractivity contribution >= 4 is 11.9 Å². The van der Waals surface area contributed by atoms with Crippen LogP contribution >= 0.6 is 0 Å². The summed E-state index contributed by atoms with van der Waals surface area (Å²) in [5.74, 6) is -0.375. The van der Waals surface area contributed by atoms with Crippen LogP contribution in [0.3, 0.4) is 0 Å². The number of rotatable bonds is 34. The van der Waals surface area contributed by atoms with Crippen LogP contribution in [0, 0.1) is 5.41 Å². The van der Waals surface area contributed by atoms with Crippen molar-refractivity contribution in [1.29, 1.82) is 0 Å². The fourth-order valence-corrected chi connectivity index (χ4v) is 5.57. The number of hydrogen-bond acceptors (Lipinski definition) is 5. The lowest BCUT2D eigenvalue weighted by molar-refractivity contribution is -0.149. The predicted octanol–water partition coefficient (Wildman–Crippen LogP) is 9.58. The number of hydrogen-bond donors (Lipinski definition) is 3. The molecule has 0 aromatic carbocycles. The molecule has 0 fully saturated rings. The average molecular weight is 612 g/mol. The summed E-state index contributed by atoms with van der Waals surface area (Å²) in [4.78, 5) is 24.6. The zero-order valence-corrected chi connectivity index (χ0v) is 28.7. The number of aliphatic hydroxyl groups excluding tert-OH is 2. The van der Waals surface area contributed by atoms with Crippen LogP contribution in [0.5, 0.6) is 0 Å². The fraction of sp³-hybridized carbons (Fsp3) is 0.946. The molecule has 0 heterocycles. The first kappa shape index (κ1) is 41.9. The maximum atomic E-state index is 12.3. The molecule has 0 atom stereocenters. The molecule has 1 amide bonds. The van der Waals surface area contributed by atoms with E-state index in [1.165, 1.54) is 128 Å². The Morgan fingerprint density at radius 2 is 0.837 bits per heavy atom. The molecule has 0 aromatic heterocycles. The summed E-state index contributed by atoms with van der Waals surface area (Å²) in [5, 5.41) is 22.6. The molecule has 256 valence electrons. The van der Waals surface area contributed by atoms with Crippen LogP contribution in [0.25, 0.3) is 0 Å². The molecular formula is C37H73NO5. The zero-order valence-electron chi connectivity index (χ0n) is 28.7. The third kappa shape index (κ3) is 28.1. The van der Waals surface area contributed by atoms with Gasteiger partial charge in [0.2, 0.25) is 5.91 Å². The van der Waals surface area contributed by atoms with Crippen molar-refractivity contribution in [2.24, 2.45) is 5.41 Å². The molecule has 0 aliphatic carbocycles. The van der Waals surface area contributed by atoms with Gasteiger partial charge in [-0.25, -0.2) is 0 Å². The van der Waals surface area contributed by atoms with Gasteiger partial charge in [0.1, 0.15) is 6.61 Å².